The number of nitrogens with two attached hydrogens (primary N) is 1. The van der Waals surface area contributed by atoms with Gasteiger partial charge in [0.2, 0.25) is 10.0 Å². The van der Waals surface area contributed by atoms with Crippen LogP contribution in [-0.2, 0) is 10.0 Å². The molecule has 0 bridgehead atoms. The largest absolute Gasteiger partial charge is 0.328 e. The maximum atomic E-state index is 13.2. The highest BCUT2D eigenvalue weighted by Gasteiger charge is 2.24. The van der Waals surface area contributed by atoms with Crippen LogP contribution >= 0.6 is 0 Å². The highest BCUT2D eigenvalue weighted by molar-refractivity contribution is 7.89. The Morgan fingerprint density at radius 3 is 2.47 bits per heavy atom. The Hall–Kier alpha value is -0.980. The number of rotatable bonds is 3. The molecule has 0 aliphatic heterocycles. The molecule has 0 heterocycles. The zero-order chi connectivity index (χ0) is 14.0. The van der Waals surface area contributed by atoms with E-state index < -0.39 is 15.8 Å². The lowest BCUT2D eigenvalue weighted by Gasteiger charge is -2.26. The first-order chi connectivity index (χ1) is 8.88. The second-order valence-corrected chi connectivity index (χ2v) is 6.86. The van der Waals surface area contributed by atoms with Crippen molar-refractivity contribution in [3.05, 3.63) is 29.6 Å². The number of nitrogens with one attached hydrogen (secondary N) is 1. The number of benzene rings is 1. The van der Waals surface area contributed by atoms with E-state index in [2.05, 4.69) is 4.72 Å². The van der Waals surface area contributed by atoms with Gasteiger partial charge in [-0.25, -0.2) is 17.5 Å². The van der Waals surface area contributed by atoms with Crippen molar-refractivity contribution in [3.8, 4) is 0 Å². The molecule has 1 aliphatic carbocycles. The van der Waals surface area contributed by atoms with Crippen LogP contribution in [0.3, 0.4) is 0 Å². The van der Waals surface area contributed by atoms with Gasteiger partial charge in [0, 0.05) is 12.1 Å². The maximum absolute atomic E-state index is 13.2. The molecule has 0 spiro atoms. The molecular formula is C13H19FN2O2S. The Morgan fingerprint density at radius 2 is 1.89 bits per heavy atom. The Bertz CT molecular complexity index is 552. The van der Waals surface area contributed by atoms with Crippen molar-refractivity contribution in [1.29, 1.82) is 0 Å². The summed E-state index contributed by atoms with van der Waals surface area (Å²) in [6, 6.07) is 3.93. The number of aryl methyl sites for hydroxylation is 1. The first kappa shape index (κ1) is 14.4. The fourth-order valence-electron chi connectivity index (χ4n) is 2.31. The lowest BCUT2D eigenvalue weighted by molar-refractivity contribution is 0.373. The van der Waals surface area contributed by atoms with Gasteiger partial charge in [-0.2, -0.15) is 0 Å². The molecule has 1 aromatic rings. The van der Waals surface area contributed by atoms with Crippen molar-refractivity contribution in [2.24, 2.45) is 5.73 Å². The molecule has 4 nitrogen and oxygen atoms in total. The second kappa shape index (κ2) is 5.56. The van der Waals surface area contributed by atoms with E-state index >= 15 is 0 Å². The smallest absolute Gasteiger partial charge is 0.240 e. The van der Waals surface area contributed by atoms with Crippen LogP contribution in [0.5, 0.6) is 0 Å². The van der Waals surface area contributed by atoms with Gasteiger partial charge in [0.25, 0.3) is 0 Å². The van der Waals surface area contributed by atoms with E-state index in [4.69, 9.17) is 5.73 Å². The number of halogens is 1. The van der Waals surface area contributed by atoms with Crippen LogP contribution in [0.15, 0.2) is 23.1 Å². The van der Waals surface area contributed by atoms with Crippen LogP contribution in [0.1, 0.15) is 31.2 Å². The second-order valence-electron chi connectivity index (χ2n) is 5.14. The molecule has 1 saturated carbocycles. The van der Waals surface area contributed by atoms with Gasteiger partial charge in [-0.3, -0.25) is 0 Å². The quantitative estimate of drug-likeness (QED) is 0.888. The van der Waals surface area contributed by atoms with E-state index in [0.29, 0.717) is 5.56 Å². The Balaban J connectivity index is 2.11. The molecule has 19 heavy (non-hydrogen) atoms. The van der Waals surface area contributed by atoms with Gasteiger partial charge in [-0.15, -0.1) is 0 Å². The first-order valence-electron chi connectivity index (χ1n) is 6.42. The van der Waals surface area contributed by atoms with Gasteiger partial charge in [0.05, 0.1) is 4.90 Å². The molecule has 0 amide bonds. The van der Waals surface area contributed by atoms with Gasteiger partial charge < -0.3 is 5.73 Å². The molecule has 0 aromatic heterocycles. The molecule has 3 N–H and O–H groups in total. The third-order valence-electron chi connectivity index (χ3n) is 3.53. The zero-order valence-electron chi connectivity index (χ0n) is 10.9. The summed E-state index contributed by atoms with van der Waals surface area (Å²) in [7, 11) is -3.57. The SMILES string of the molecule is Cc1cc(S(=O)(=O)NC2CCC(N)CC2)ccc1F. The molecule has 6 heteroatoms. The Morgan fingerprint density at radius 1 is 1.26 bits per heavy atom. The topological polar surface area (TPSA) is 72.2 Å². The van der Waals surface area contributed by atoms with E-state index in [1.165, 1.54) is 18.2 Å². The van der Waals surface area contributed by atoms with Crippen LogP contribution in [0, 0.1) is 12.7 Å². The van der Waals surface area contributed by atoms with Crippen LogP contribution in [0.4, 0.5) is 4.39 Å². The Labute approximate surface area is 113 Å². The van der Waals surface area contributed by atoms with Gasteiger partial charge >= 0.3 is 0 Å². The number of sulfonamides is 1. The highest BCUT2D eigenvalue weighted by atomic mass is 32.2. The molecule has 0 saturated heterocycles. The first-order valence-corrected chi connectivity index (χ1v) is 7.91. The average molecular weight is 286 g/mol. The molecule has 0 radical (unpaired) electrons. The minimum Gasteiger partial charge on any atom is -0.328 e. The van der Waals surface area contributed by atoms with Crippen LogP contribution in [0.25, 0.3) is 0 Å². The molecule has 2 rings (SSSR count). The van der Waals surface area contributed by atoms with Crippen LogP contribution < -0.4 is 10.5 Å². The summed E-state index contributed by atoms with van der Waals surface area (Å²) in [4.78, 5) is 0.112. The summed E-state index contributed by atoms with van der Waals surface area (Å²) in [5, 5.41) is 0. The zero-order valence-corrected chi connectivity index (χ0v) is 11.7. The van der Waals surface area contributed by atoms with Crippen molar-refractivity contribution in [2.75, 3.05) is 0 Å². The third-order valence-corrected chi connectivity index (χ3v) is 5.05. The Kier molecular flexibility index (Phi) is 4.23. The number of hydrogen-bond donors (Lipinski definition) is 2. The van der Waals surface area contributed by atoms with Gasteiger partial charge in [0.15, 0.2) is 0 Å². The summed E-state index contributed by atoms with van der Waals surface area (Å²) in [5.74, 6) is -0.400. The summed E-state index contributed by atoms with van der Waals surface area (Å²) in [6.45, 7) is 1.55. The minimum atomic E-state index is -3.57. The normalized spacial score (nSPS) is 24.4. The van der Waals surface area contributed by atoms with E-state index in [1.807, 2.05) is 0 Å². The lowest BCUT2D eigenvalue weighted by atomic mass is 9.93. The van der Waals surface area contributed by atoms with Crippen molar-refractivity contribution < 1.29 is 12.8 Å². The molecule has 106 valence electrons. The lowest BCUT2D eigenvalue weighted by Crippen LogP contribution is -2.40. The van der Waals surface area contributed by atoms with Gasteiger partial charge in [0.1, 0.15) is 5.82 Å². The van der Waals surface area contributed by atoms with Crippen LogP contribution in [-0.4, -0.2) is 20.5 Å². The van der Waals surface area contributed by atoms with E-state index in [-0.39, 0.29) is 17.0 Å². The van der Waals surface area contributed by atoms with Gasteiger partial charge in [-0.1, -0.05) is 0 Å². The molecule has 1 aliphatic rings. The average Bonchev–Trinajstić information content (AvgIpc) is 2.35. The fourth-order valence-corrected chi connectivity index (χ4v) is 3.70. The van der Waals surface area contributed by atoms with Crippen molar-refractivity contribution in [2.45, 2.75) is 49.6 Å². The summed E-state index contributed by atoms with van der Waals surface area (Å²) in [6.07, 6.45) is 3.16. The van der Waals surface area contributed by atoms with E-state index in [0.717, 1.165) is 25.7 Å². The summed E-state index contributed by atoms with van der Waals surface area (Å²) < 4.78 is 40.2. The minimum absolute atomic E-state index is 0.0739. The van der Waals surface area contributed by atoms with Crippen molar-refractivity contribution in [3.63, 3.8) is 0 Å². The molecule has 1 fully saturated rings. The third kappa shape index (κ3) is 3.52. The fraction of sp³-hybridized carbons (Fsp3) is 0.538. The molecule has 0 unspecified atom stereocenters. The molecule has 1 aromatic carbocycles. The monoisotopic (exact) mass is 286 g/mol. The van der Waals surface area contributed by atoms with Crippen molar-refractivity contribution >= 4 is 10.0 Å². The van der Waals surface area contributed by atoms with Crippen LogP contribution in [0.2, 0.25) is 0 Å². The maximum Gasteiger partial charge on any atom is 0.240 e. The standard InChI is InChI=1S/C13H19FN2O2S/c1-9-8-12(6-7-13(9)14)19(17,18)16-11-4-2-10(15)3-5-11/h6-8,10-11,16H,2-5,15H2,1H3. The van der Waals surface area contributed by atoms with E-state index in [9.17, 15) is 12.8 Å². The van der Waals surface area contributed by atoms with Crippen molar-refractivity contribution in [1.82, 2.24) is 4.72 Å². The highest BCUT2D eigenvalue weighted by Crippen LogP contribution is 2.20. The predicted molar refractivity (Wildman–Crippen MR) is 71.7 cm³/mol. The summed E-state index contributed by atoms with van der Waals surface area (Å²) >= 11 is 0. The van der Waals surface area contributed by atoms with Gasteiger partial charge in [-0.05, 0) is 56.4 Å². The molecule has 0 atom stereocenters. The number of hydrogen-bond acceptors (Lipinski definition) is 3. The molecular weight excluding hydrogens is 267 g/mol. The summed E-state index contributed by atoms with van der Waals surface area (Å²) in [5.41, 5.74) is 6.12. The van der Waals surface area contributed by atoms with E-state index in [1.54, 1.807) is 6.92 Å². The predicted octanol–water partition coefficient (Wildman–Crippen LogP) is 1.68.